The molecule has 1 atom stereocenters. The lowest BCUT2D eigenvalue weighted by Gasteiger charge is -2.19. The van der Waals surface area contributed by atoms with E-state index >= 15 is 0 Å². The third kappa shape index (κ3) is 3.82. The fourth-order valence-electron chi connectivity index (χ4n) is 1.64. The Bertz CT molecular complexity index is 506. The summed E-state index contributed by atoms with van der Waals surface area (Å²) in [6.07, 6.45) is 0. The number of rotatable bonds is 4. The summed E-state index contributed by atoms with van der Waals surface area (Å²) in [7, 11) is 0. The number of carbonyl (C=O) groups is 1. The number of hydrogen-bond donors (Lipinski definition) is 3. The summed E-state index contributed by atoms with van der Waals surface area (Å²) >= 11 is 5.61. The van der Waals surface area contributed by atoms with Crippen LogP contribution in [-0.4, -0.2) is 17.0 Å². The molecule has 0 saturated heterocycles. The molecule has 0 heterocycles. The number of halogens is 2. The second-order valence-electron chi connectivity index (χ2n) is 4.36. The molecule has 4 N–H and O–H groups in total. The minimum absolute atomic E-state index is 0.00853. The van der Waals surface area contributed by atoms with E-state index in [0.717, 1.165) is 6.07 Å². The molecule has 0 aromatic heterocycles. The second kappa shape index (κ2) is 6.38. The molecule has 1 unspecified atom stereocenters. The van der Waals surface area contributed by atoms with Crippen molar-refractivity contribution in [3.05, 3.63) is 29.0 Å². The molecule has 5 nitrogen and oxygen atoms in total. The molecule has 0 aliphatic rings. The Labute approximate surface area is 115 Å². The number of anilines is 1. The highest BCUT2D eigenvalue weighted by Crippen LogP contribution is 2.21. The summed E-state index contributed by atoms with van der Waals surface area (Å²) in [5.41, 5.74) is 5.45. The van der Waals surface area contributed by atoms with Gasteiger partial charge in [0.05, 0.1) is 5.69 Å². The van der Waals surface area contributed by atoms with E-state index in [4.69, 9.17) is 22.5 Å². The lowest BCUT2D eigenvalue weighted by atomic mass is 9.94. The summed E-state index contributed by atoms with van der Waals surface area (Å²) in [5, 5.41) is 14.1. The van der Waals surface area contributed by atoms with E-state index in [1.54, 1.807) is 13.8 Å². The van der Waals surface area contributed by atoms with E-state index in [1.807, 2.05) is 0 Å². The minimum Gasteiger partial charge on any atom is -0.409 e. The molecule has 7 heteroatoms. The van der Waals surface area contributed by atoms with Gasteiger partial charge in [0.15, 0.2) is 5.84 Å². The molecular weight excluding hydrogens is 273 g/mol. The molecule has 1 aromatic rings. The molecular formula is C12H15ClFN3O2. The first-order valence-electron chi connectivity index (χ1n) is 5.60. The van der Waals surface area contributed by atoms with Crippen LogP contribution in [0.1, 0.15) is 13.8 Å². The average Bonchev–Trinajstić information content (AvgIpc) is 2.32. The Kier molecular flexibility index (Phi) is 5.11. The van der Waals surface area contributed by atoms with Crippen LogP contribution >= 0.6 is 11.6 Å². The highest BCUT2D eigenvalue weighted by Gasteiger charge is 2.27. The molecule has 1 aromatic carbocycles. The Balaban J connectivity index is 2.94. The number of benzene rings is 1. The average molecular weight is 288 g/mol. The van der Waals surface area contributed by atoms with Crippen molar-refractivity contribution in [3.8, 4) is 0 Å². The van der Waals surface area contributed by atoms with Gasteiger partial charge in [-0.1, -0.05) is 30.6 Å². The van der Waals surface area contributed by atoms with E-state index in [-0.39, 0.29) is 22.5 Å². The van der Waals surface area contributed by atoms with Crippen molar-refractivity contribution in [1.29, 1.82) is 0 Å². The molecule has 0 aliphatic heterocycles. The first-order chi connectivity index (χ1) is 8.86. The summed E-state index contributed by atoms with van der Waals surface area (Å²) < 4.78 is 13.5. The molecule has 1 rings (SSSR count). The van der Waals surface area contributed by atoms with Crippen LogP contribution in [0.4, 0.5) is 10.1 Å². The zero-order chi connectivity index (χ0) is 14.6. The van der Waals surface area contributed by atoms with Gasteiger partial charge in [-0.15, -0.1) is 0 Å². The lowest BCUT2D eigenvalue weighted by Crippen LogP contribution is -2.38. The van der Waals surface area contributed by atoms with Gasteiger partial charge in [-0.05, 0) is 24.1 Å². The number of amidine groups is 1. The maximum Gasteiger partial charge on any atom is 0.235 e. The van der Waals surface area contributed by atoms with Crippen molar-refractivity contribution in [1.82, 2.24) is 0 Å². The smallest absolute Gasteiger partial charge is 0.235 e. The van der Waals surface area contributed by atoms with Crippen molar-refractivity contribution >= 4 is 29.0 Å². The van der Waals surface area contributed by atoms with Gasteiger partial charge >= 0.3 is 0 Å². The molecule has 0 aliphatic carbocycles. The first-order valence-corrected chi connectivity index (χ1v) is 5.98. The van der Waals surface area contributed by atoms with Gasteiger partial charge in [0.2, 0.25) is 5.91 Å². The molecule has 0 fully saturated rings. The zero-order valence-electron chi connectivity index (χ0n) is 10.5. The number of nitrogens with zero attached hydrogens (tertiary/aromatic N) is 1. The van der Waals surface area contributed by atoms with Gasteiger partial charge in [-0.2, -0.15) is 0 Å². The van der Waals surface area contributed by atoms with Crippen molar-refractivity contribution in [2.75, 3.05) is 5.32 Å². The van der Waals surface area contributed by atoms with Gasteiger partial charge in [-0.25, -0.2) is 4.39 Å². The molecule has 1 amide bonds. The van der Waals surface area contributed by atoms with Crippen LogP contribution in [0.15, 0.2) is 23.4 Å². The van der Waals surface area contributed by atoms with E-state index < -0.39 is 17.6 Å². The topological polar surface area (TPSA) is 87.7 Å². The van der Waals surface area contributed by atoms with Crippen LogP contribution in [0.25, 0.3) is 0 Å². The summed E-state index contributed by atoms with van der Waals surface area (Å²) in [6, 6.07) is 3.89. The fourth-order valence-corrected chi connectivity index (χ4v) is 1.80. The van der Waals surface area contributed by atoms with Gasteiger partial charge in [-0.3, -0.25) is 4.79 Å². The monoisotopic (exact) mass is 287 g/mol. The summed E-state index contributed by atoms with van der Waals surface area (Å²) in [6.45, 7) is 3.47. The predicted octanol–water partition coefficient (Wildman–Crippen LogP) is 2.44. The first kappa shape index (κ1) is 15.2. The summed E-state index contributed by atoms with van der Waals surface area (Å²) in [5.74, 6) is -2.47. The Hall–Kier alpha value is -1.82. The van der Waals surface area contributed by atoms with Crippen molar-refractivity contribution in [2.24, 2.45) is 22.7 Å². The quantitative estimate of drug-likeness (QED) is 0.344. The third-order valence-corrected chi connectivity index (χ3v) is 2.81. The minimum atomic E-state index is -0.847. The van der Waals surface area contributed by atoms with E-state index in [9.17, 15) is 9.18 Å². The van der Waals surface area contributed by atoms with Crippen molar-refractivity contribution < 1.29 is 14.4 Å². The number of hydrogen-bond acceptors (Lipinski definition) is 3. The highest BCUT2D eigenvalue weighted by atomic mass is 35.5. The van der Waals surface area contributed by atoms with Crippen LogP contribution in [0, 0.1) is 17.7 Å². The predicted molar refractivity (Wildman–Crippen MR) is 71.8 cm³/mol. The number of carbonyl (C=O) groups excluding carboxylic acids is 1. The third-order valence-electron chi connectivity index (χ3n) is 2.57. The van der Waals surface area contributed by atoms with E-state index in [0.29, 0.717) is 0 Å². The van der Waals surface area contributed by atoms with Crippen LogP contribution in [-0.2, 0) is 4.79 Å². The zero-order valence-corrected chi connectivity index (χ0v) is 11.3. The molecule has 0 spiro atoms. The molecule has 0 saturated carbocycles. The Morgan fingerprint density at radius 1 is 1.53 bits per heavy atom. The van der Waals surface area contributed by atoms with E-state index in [1.165, 1.54) is 12.1 Å². The van der Waals surface area contributed by atoms with Crippen LogP contribution < -0.4 is 11.1 Å². The summed E-state index contributed by atoms with van der Waals surface area (Å²) in [4.78, 5) is 12.0. The normalized spacial score (nSPS) is 13.4. The van der Waals surface area contributed by atoms with Crippen molar-refractivity contribution in [3.63, 3.8) is 0 Å². The fraction of sp³-hybridized carbons (Fsp3) is 0.333. The number of nitrogens with one attached hydrogen (secondary N) is 1. The number of oxime groups is 1. The van der Waals surface area contributed by atoms with Gasteiger partial charge in [0, 0.05) is 5.02 Å². The van der Waals surface area contributed by atoms with Gasteiger partial charge < -0.3 is 16.3 Å². The van der Waals surface area contributed by atoms with Crippen molar-refractivity contribution in [2.45, 2.75) is 13.8 Å². The van der Waals surface area contributed by atoms with Crippen LogP contribution in [0.3, 0.4) is 0 Å². The lowest BCUT2D eigenvalue weighted by molar-refractivity contribution is -0.119. The van der Waals surface area contributed by atoms with Crippen LogP contribution in [0.5, 0.6) is 0 Å². The standard InChI is InChI=1S/C12H15ClFN3O2/c1-6(2)10(11(15)17-19)12(18)16-9-4-3-7(13)5-8(9)14/h3-6,10,19H,1-2H3,(H2,15,17)(H,16,18). The van der Waals surface area contributed by atoms with Gasteiger partial charge in [0.25, 0.3) is 0 Å². The molecule has 0 radical (unpaired) electrons. The maximum absolute atomic E-state index is 13.5. The largest absolute Gasteiger partial charge is 0.409 e. The van der Waals surface area contributed by atoms with E-state index in [2.05, 4.69) is 10.5 Å². The number of nitrogens with two attached hydrogens (primary N) is 1. The highest BCUT2D eigenvalue weighted by molar-refractivity contribution is 6.30. The Morgan fingerprint density at radius 2 is 2.16 bits per heavy atom. The Morgan fingerprint density at radius 3 is 2.63 bits per heavy atom. The molecule has 104 valence electrons. The molecule has 0 bridgehead atoms. The maximum atomic E-state index is 13.5. The number of amides is 1. The van der Waals surface area contributed by atoms with Gasteiger partial charge in [0.1, 0.15) is 11.7 Å². The second-order valence-corrected chi connectivity index (χ2v) is 4.80. The molecule has 19 heavy (non-hydrogen) atoms. The van der Waals surface area contributed by atoms with Crippen LogP contribution in [0.2, 0.25) is 5.02 Å². The SMILES string of the molecule is CC(C)C(C(=O)Nc1ccc(Cl)cc1F)C(N)=NO.